The van der Waals surface area contributed by atoms with Crippen molar-refractivity contribution in [3.63, 3.8) is 0 Å². The molecule has 1 heterocycles. The molecule has 4 N–H and O–H groups in total. The second kappa shape index (κ2) is 9.31. The molecule has 0 spiro atoms. The predicted molar refractivity (Wildman–Crippen MR) is 136 cm³/mol. The molecule has 1 aromatic heterocycles. The SMILES string of the molecule is CC(C)(C)c1cc(NC(=O)Nc2ccc(C#N)cc2)n(-c2cc(CC(N)=O)c3ccccc3c2)n1. The van der Waals surface area contributed by atoms with Crippen LogP contribution in [0.3, 0.4) is 0 Å². The van der Waals surface area contributed by atoms with Crippen LogP contribution in [0, 0.1) is 11.3 Å². The van der Waals surface area contributed by atoms with Gasteiger partial charge in [-0.1, -0.05) is 45.0 Å². The first-order valence-electron chi connectivity index (χ1n) is 11.1. The van der Waals surface area contributed by atoms with Gasteiger partial charge in [0.1, 0.15) is 5.82 Å². The average molecular weight is 467 g/mol. The molecule has 35 heavy (non-hydrogen) atoms. The lowest BCUT2D eigenvalue weighted by Crippen LogP contribution is -2.21. The van der Waals surface area contributed by atoms with Crippen molar-refractivity contribution in [2.75, 3.05) is 10.6 Å². The Kier molecular flexibility index (Phi) is 6.26. The Bertz CT molecular complexity index is 1460. The number of amides is 3. The minimum atomic E-state index is -0.450. The number of nitrogens with one attached hydrogen (secondary N) is 2. The molecule has 3 aromatic carbocycles. The maximum atomic E-state index is 12.8. The number of nitrogens with two attached hydrogens (primary N) is 1. The van der Waals surface area contributed by atoms with E-state index < -0.39 is 11.9 Å². The first kappa shape index (κ1) is 23.5. The molecule has 176 valence electrons. The van der Waals surface area contributed by atoms with Crippen molar-refractivity contribution in [2.24, 2.45) is 5.73 Å². The van der Waals surface area contributed by atoms with Crippen LogP contribution in [0.5, 0.6) is 0 Å². The van der Waals surface area contributed by atoms with E-state index in [-0.39, 0.29) is 11.8 Å². The Labute approximate surface area is 203 Å². The Hall–Kier alpha value is -4.64. The largest absolute Gasteiger partial charge is 0.369 e. The van der Waals surface area contributed by atoms with Gasteiger partial charge in [0.15, 0.2) is 0 Å². The number of carbonyl (C=O) groups is 2. The highest BCUT2D eigenvalue weighted by Gasteiger charge is 2.22. The van der Waals surface area contributed by atoms with Crippen LogP contribution < -0.4 is 16.4 Å². The summed E-state index contributed by atoms with van der Waals surface area (Å²) in [6.45, 7) is 6.12. The molecule has 3 amide bonds. The third-order valence-electron chi connectivity index (χ3n) is 5.53. The van der Waals surface area contributed by atoms with Crippen LogP contribution >= 0.6 is 0 Å². The molecule has 4 aromatic rings. The fourth-order valence-electron chi connectivity index (χ4n) is 3.77. The summed E-state index contributed by atoms with van der Waals surface area (Å²) in [6.07, 6.45) is 0.0870. The van der Waals surface area contributed by atoms with Gasteiger partial charge in [-0.05, 0) is 52.7 Å². The van der Waals surface area contributed by atoms with Crippen molar-refractivity contribution in [3.8, 4) is 11.8 Å². The minimum absolute atomic E-state index is 0.0870. The summed E-state index contributed by atoms with van der Waals surface area (Å²) < 4.78 is 1.66. The van der Waals surface area contributed by atoms with Crippen molar-refractivity contribution < 1.29 is 9.59 Å². The molecule has 8 heteroatoms. The smallest absolute Gasteiger partial charge is 0.324 e. The highest BCUT2D eigenvalue weighted by Crippen LogP contribution is 2.29. The van der Waals surface area contributed by atoms with Crippen LogP contribution in [0.4, 0.5) is 16.3 Å². The molecule has 8 nitrogen and oxygen atoms in total. The van der Waals surface area contributed by atoms with Crippen LogP contribution in [0.25, 0.3) is 16.5 Å². The fraction of sp³-hybridized carbons (Fsp3) is 0.185. The number of hydrogen-bond donors (Lipinski definition) is 3. The number of fused-ring (bicyclic) bond motifs is 1. The molecule has 0 saturated carbocycles. The number of aromatic nitrogens is 2. The van der Waals surface area contributed by atoms with E-state index in [1.165, 1.54) is 0 Å². The lowest BCUT2D eigenvalue weighted by Gasteiger charge is -2.15. The zero-order chi connectivity index (χ0) is 25.2. The first-order valence-corrected chi connectivity index (χ1v) is 11.1. The first-order chi connectivity index (χ1) is 16.6. The molecular formula is C27H26N6O2. The number of urea groups is 1. The lowest BCUT2D eigenvalue weighted by molar-refractivity contribution is -0.117. The molecule has 0 aliphatic carbocycles. The number of hydrogen-bond acceptors (Lipinski definition) is 4. The number of nitriles is 1. The van der Waals surface area contributed by atoms with Gasteiger partial charge < -0.3 is 11.1 Å². The number of primary amides is 1. The van der Waals surface area contributed by atoms with E-state index in [9.17, 15) is 9.59 Å². The molecule has 0 aliphatic rings. The standard InChI is InChI=1S/C27H26N6O2/c1-27(2,3)23-15-25(31-26(35)30-20-10-8-17(16-28)9-11-20)33(32-23)21-12-18-6-4-5-7-22(18)19(13-21)14-24(29)34/h4-13,15H,14H2,1-3H3,(H2,29,34)(H2,30,31,35). The van der Waals surface area contributed by atoms with Gasteiger partial charge in [0.05, 0.1) is 29.4 Å². The summed E-state index contributed by atoms with van der Waals surface area (Å²) >= 11 is 0. The molecule has 0 unspecified atom stereocenters. The Morgan fingerprint density at radius 2 is 1.74 bits per heavy atom. The minimum Gasteiger partial charge on any atom is -0.369 e. The number of carbonyl (C=O) groups excluding carboxylic acids is 2. The Morgan fingerprint density at radius 1 is 1.03 bits per heavy atom. The molecule has 0 fully saturated rings. The van der Waals surface area contributed by atoms with E-state index in [1.807, 2.05) is 69.3 Å². The average Bonchev–Trinajstić information content (AvgIpc) is 3.23. The van der Waals surface area contributed by atoms with E-state index in [1.54, 1.807) is 28.9 Å². The third-order valence-corrected chi connectivity index (χ3v) is 5.53. The number of nitrogens with zero attached hydrogens (tertiary/aromatic N) is 3. The van der Waals surface area contributed by atoms with E-state index in [4.69, 9.17) is 16.1 Å². The van der Waals surface area contributed by atoms with Crippen LogP contribution in [0.15, 0.2) is 66.7 Å². The van der Waals surface area contributed by atoms with Gasteiger partial charge in [-0.3, -0.25) is 10.1 Å². The van der Waals surface area contributed by atoms with Crippen LogP contribution in [0.2, 0.25) is 0 Å². The Morgan fingerprint density at radius 3 is 2.40 bits per heavy atom. The maximum Gasteiger partial charge on any atom is 0.324 e. The van der Waals surface area contributed by atoms with Gasteiger partial charge in [-0.15, -0.1) is 0 Å². The summed E-state index contributed by atoms with van der Waals surface area (Å²) in [7, 11) is 0. The van der Waals surface area contributed by atoms with Crippen molar-refractivity contribution in [1.82, 2.24) is 9.78 Å². The second-order valence-corrected chi connectivity index (χ2v) is 9.31. The van der Waals surface area contributed by atoms with E-state index >= 15 is 0 Å². The van der Waals surface area contributed by atoms with Gasteiger partial charge in [0.2, 0.25) is 5.91 Å². The van der Waals surface area contributed by atoms with Gasteiger partial charge >= 0.3 is 6.03 Å². The quantitative estimate of drug-likeness (QED) is 0.388. The van der Waals surface area contributed by atoms with Crippen molar-refractivity contribution >= 4 is 34.2 Å². The van der Waals surface area contributed by atoms with Crippen molar-refractivity contribution in [3.05, 3.63) is 83.6 Å². The zero-order valence-corrected chi connectivity index (χ0v) is 19.8. The number of benzene rings is 3. The fourth-order valence-corrected chi connectivity index (χ4v) is 3.77. The van der Waals surface area contributed by atoms with E-state index in [2.05, 4.69) is 10.6 Å². The van der Waals surface area contributed by atoms with Gasteiger partial charge in [-0.25, -0.2) is 9.48 Å². The number of rotatable bonds is 5. The zero-order valence-electron chi connectivity index (χ0n) is 19.8. The summed E-state index contributed by atoms with van der Waals surface area (Å²) in [5, 5.41) is 21.3. The maximum absolute atomic E-state index is 12.8. The van der Waals surface area contributed by atoms with Crippen molar-refractivity contribution in [1.29, 1.82) is 5.26 Å². The molecule has 0 atom stereocenters. The Balaban J connectivity index is 1.74. The molecule has 0 saturated heterocycles. The van der Waals surface area contributed by atoms with E-state index in [0.29, 0.717) is 22.8 Å². The van der Waals surface area contributed by atoms with Crippen LogP contribution in [-0.4, -0.2) is 21.7 Å². The van der Waals surface area contributed by atoms with Crippen molar-refractivity contribution in [2.45, 2.75) is 32.6 Å². The molecule has 0 bridgehead atoms. The van der Waals surface area contributed by atoms with Gasteiger partial charge in [0, 0.05) is 17.2 Å². The normalized spacial score (nSPS) is 11.1. The van der Waals surface area contributed by atoms with Crippen LogP contribution in [-0.2, 0) is 16.6 Å². The molecule has 0 aliphatic heterocycles. The lowest BCUT2D eigenvalue weighted by atomic mass is 9.92. The molecule has 0 radical (unpaired) electrons. The number of anilines is 2. The van der Waals surface area contributed by atoms with Crippen LogP contribution in [0.1, 0.15) is 37.6 Å². The van der Waals surface area contributed by atoms with E-state index in [0.717, 1.165) is 22.0 Å². The summed E-state index contributed by atoms with van der Waals surface area (Å²) in [5.74, 6) is 0.0460. The molecular weight excluding hydrogens is 440 g/mol. The third kappa shape index (κ3) is 5.31. The van der Waals surface area contributed by atoms with Gasteiger partial charge in [-0.2, -0.15) is 10.4 Å². The predicted octanol–water partition coefficient (Wildman–Crippen LogP) is 4.87. The summed E-state index contributed by atoms with van der Waals surface area (Å²) in [5.41, 5.74) is 8.57. The summed E-state index contributed by atoms with van der Waals surface area (Å²) in [4.78, 5) is 24.6. The highest BCUT2D eigenvalue weighted by atomic mass is 16.2. The van der Waals surface area contributed by atoms with Gasteiger partial charge in [0.25, 0.3) is 0 Å². The second-order valence-electron chi connectivity index (χ2n) is 9.31. The summed E-state index contributed by atoms with van der Waals surface area (Å²) in [6, 6.07) is 21.6. The highest BCUT2D eigenvalue weighted by molar-refractivity contribution is 5.99. The topological polar surface area (TPSA) is 126 Å². The molecule has 4 rings (SSSR count). The monoisotopic (exact) mass is 466 g/mol.